The first-order valence-corrected chi connectivity index (χ1v) is 11.7. The second-order valence-electron chi connectivity index (χ2n) is 7.42. The molecule has 32 heavy (non-hydrogen) atoms. The molecule has 3 rings (SSSR count). The molecule has 1 aromatic heterocycles. The largest absolute Gasteiger partial charge is 0.342 e. The zero-order valence-electron chi connectivity index (χ0n) is 17.8. The van der Waals surface area contributed by atoms with Crippen molar-refractivity contribution in [1.29, 1.82) is 0 Å². The number of aromatic nitrogens is 3. The maximum atomic E-state index is 13.9. The van der Waals surface area contributed by atoms with E-state index in [9.17, 15) is 14.0 Å². The molecule has 3 aromatic rings. The van der Waals surface area contributed by atoms with Gasteiger partial charge in [0.25, 0.3) is 5.91 Å². The normalized spacial score (nSPS) is 11.9. The van der Waals surface area contributed by atoms with Gasteiger partial charge in [0, 0.05) is 17.1 Å². The summed E-state index contributed by atoms with van der Waals surface area (Å²) in [6.07, 6.45) is 0. The summed E-state index contributed by atoms with van der Waals surface area (Å²) in [6, 6.07) is 13.0. The number of thioether (sulfide) groups is 1. The van der Waals surface area contributed by atoms with E-state index in [-0.39, 0.29) is 35.2 Å². The van der Waals surface area contributed by atoms with Crippen LogP contribution in [0.15, 0.2) is 58.2 Å². The number of hydrogen-bond donors (Lipinski definition) is 2. The van der Waals surface area contributed by atoms with Crippen molar-refractivity contribution in [2.75, 3.05) is 11.1 Å². The number of benzene rings is 2. The van der Waals surface area contributed by atoms with Gasteiger partial charge in [-0.05, 0) is 36.2 Å². The molecule has 0 spiro atoms. The standard InChI is InChI=1S/C22H23BrFN5O2S/c1-13(2)19(26-21(31)14-7-5-4-6-8-14)20-27-28-22(29(20)3)32-12-18(30)25-17-10-9-15(23)11-16(17)24/h4-11,13,19H,12H2,1-3H3,(H,25,30)(H,26,31)/t19-/m0/s1. The highest BCUT2D eigenvalue weighted by molar-refractivity contribution is 9.10. The first kappa shape index (κ1) is 23.9. The summed E-state index contributed by atoms with van der Waals surface area (Å²) in [7, 11) is 1.79. The quantitative estimate of drug-likeness (QED) is 0.425. The minimum atomic E-state index is -0.521. The van der Waals surface area contributed by atoms with Crippen molar-refractivity contribution in [2.45, 2.75) is 25.0 Å². The Balaban J connectivity index is 1.66. The fraction of sp³-hybridized carbons (Fsp3) is 0.273. The smallest absolute Gasteiger partial charge is 0.251 e. The molecule has 0 aliphatic heterocycles. The Labute approximate surface area is 198 Å². The number of carbonyl (C=O) groups is 2. The van der Waals surface area contributed by atoms with Crippen LogP contribution in [0.3, 0.4) is 0 Å². The van der Waals surface area contributed by atoms with Crippen LogP contribution >= 0.6 is 27.7 Å². The van der Waals surface area contributed by atoms with E-state index >= 15 is 0 Å². The highest BCUT2D eigenvalue weighted by Crippen LogP contribution is 2.25. The number of anilines is 1. The number of amides is 2. The predicted molar refractivity (Wildman–Crippen MR) is 126 cm³/mol. The summed E-state index contributed by atoms with van der Waals surface area (Å²) in [6.45, 7) is 3.97. The predicted octanol–water partition coefficient (Wildman–Crippen LogP) is 4.57. The number of nitrogens with one attached hydrogen (secondary N) is 2. The third kappa shape index (κ3) is 5.95. The molecular weight excluding hydrogens is 497 g/mol. The van der Waals surface area contributed by atoms with E-state index in [2.05, 4.69) is 36.8 Å². The Hall–Kier alpha value is -2.72. The molecule has 2 aromatic carbocycles. The SMILES string of the molecule is CC(C)[C@H](NC(=O)c1ccccc1)c1nnc(SCC(=O)Nc2ccc(Br)cc2F)n1C. The van der Waals surface area contributed by atoms with Gasteiger partial charge in [0.1, 0.15) is 5.82 Å². The molecule has 0 fully saturated rings. The van der Waals surface area contributed by atoms with Gasteiger partial charge in [0.05, 0.1) is 17.5 Å². The third-order valence-corrected chi connectivity index (χ3v) is 6.19. The molecule has 168 valence electrons. The number of carbonyl (C=O) groups excluding carboxylic acids is 2. The van der Waals surface area contributed by atoms with Gasteiger partial charge in [-0.3, -0.25) is 9.59 Å². The van der Waals surface area contributed by atoms with Crippen LogP contribution in [0.25, 0.3) is 0 Å². The van der Waals surface area contributed by atoms with Crippen molar-refractivity contribution >= 4 is 45.2 Å². The van der Waals surface area contributed by atoms with Crippen molar-refractivity contribution in [3.63, 3.8) is 0 Å². The Morgan fingerprint density at radius 1 is 1.16 bits per heavy atom. The Morgan fingerprint density at radius 2 is 1.88 bits per heavy atom. The number of rotatable bonds is 8. The van der Waals surface area contributed by atoms with E-state index in [1.807, 2.05) is 32.0 Å². The highest BCUT2D eigenvalue weighted by atomic mass is 79.9. The molecule has 0 bridgehead atoms. The van der Waals surface area contributed by atoms with Gasteiger partial charge in [0.2, 0.25) is 5.91 Å². The minimum absolute atomic E-state index is 0.0319. The van der Waals surface area contributed by atoms with Crippen molar-refractivity contribution < 1.29 is 14.0 Å². The van der Waals surface area contributed by atoms with Gasteiger partial charge in [-0.15, -0.1) is 10.2 Å². The number of nitrogens with zero attached hydrogens (tertiary/aromatic N) is 3. The first-order valence-electron chi connectivity index (χ1n) is 9.89. The lowest BCUT2D eigenvalue weighted by Gasteiger charge is -2.21. The van der Waals surface area contributed by atoms with Gasteiger partial charge in [-0.2, -0.15) is 0 Å². The summed E-state index contributed by atoms with van der Waals surface area (Å²) < 4.78 is 16.3. The topological polar surface area (TPSA) is 88.9 Å². The van der Waals surface area contributed by atoms with Crippen LogP contribution in [-0.4, -0.2) is 32.3 Å². The summed E-state index contributed by atoms with van der Waals surface area (Å²) in [5.41, 5.74) is 0.674. The Bertz CT molecular complexity index is 1110. The average molecular weight is 520 g/mol. The molecule has 2 amide bonds. The molecule has 0 saturated carbocycles. The average Bonchev–Trinajstić information content (AvgIpc) is 3.12. The molecule has 10 heteroatoms. The van der Waals surface area contributed by atoms with E-state index in [1.54, 1.807) is 29.8 Å². The van der Waals surface area contributed by atoms with Crippen LogP contribution in [0.4, 0.5) is 10.1 Å². The molecular formula is C22H23BrFN5O2S. The zero-order valence-corrected chi connectivity index (χ0v) is 20.2. The zero-order chi connectivity index (χ0) is 23.3. The van der Waals surface area contributed by atoms with E-state index in [0.29, 0.717) is 21.0 Å². The molecule has 0 unspecified atom stereocenters. The van der Waals surface area contributed by atoms with E-state index in [1.165, 1.54) is 23.9 Å². The molecule has 2 N–H and O–H groups in total. The molecule has 0 saturated heterocycles. The number of hydrogen-bond acceptors (Lipinski definition) is 5. The second kappa shape index (κ2) is 10.7. The van der Waals surface area contributed by atoms with Gasteiger partial charge in [-0.1, -0.05) is 59.7 Å². The lowest BCUT2D eigenvalue weighted by atomic mass is 10.0. The third-order valence-electron chi connectivity index (χ3n) is 4.67. The Morgan fingerprint density at radius 3 is 2.53 bits per heavy atom. The molecule has 1 heterocycles. The molecule has 1 atom stereocenters. The molecule has 0 aliphatic carbocycles. The van der Waals surface area contributed by atoms with Crippen LogP contribution < -0.4 is 10.6 Å². The van der Waals surface area contributed by atoms with E-state index in [0.717, 1.165) is 0 Å². The second-order valence-corrected chi connectivity index (χ2v) is 9.28. The molecule has 0 radical (unpaired) electrons. The first-order chi connectivity index (χ1) is 15.3. The van der Waals surface area contributed by atoms with Gasteiger partial charge in [0.15, 0.2) is 11.0 Å². The van der Waals surface area contributed by atoms with Crippen molar-refractivity contribution in [1.82, 2.24) is 20.1 Å². The Kier molecular flexibility index (Phi) is 8.03. The minimum Gasteiger partial charge on any atom is -0.342 e. The van der Waals surface area contributed by atoms with E-state index in [4.69, 9.17) is 0 Å². The van der Waals surface area contributed by atoms with Crippen LogP contribution in [0.1, 0.15) is 36.1 Å². The summed E-state index contributed by atoms with van der Waals surface area (Å²) in [5.74, 6) is -0.397. The van der Waals surface area contributed by atoms with Crippen LogP contribution in [0.2, 0.25) is 0 Å². The van der Waals surface area contributed by atoms with Crippen LogP contribution in [0, 0.1) is 11.7 Å². The highest BCUT2D eigenvalue weighted by Gasteiger charge is 2.25. The van der Waals surface area contributed by atoms with Crippen LogP contribution in [0.5, 0.6) is 0 Å². The van der Waals surface area contributed by atoms with E-state index < -0.39 is 5.82 Å². The lowest BCUT2D eigenvalue weighted by molar-refractivity contribution is -0.113. The lowest BCUT2D eigenvalue weighted by Crippen LogP contribution is -2.33. The maximum absolute atomic E-state index is 13.9. The molecule has 7 nitrogen and oxygen atoms in total. The fourth-order valence-electron chi connectivity index (χ4n) is 2.97. The fourth-order valence-corrected chi connectivity index (χ4v) is 4.02. The van der Waals surface area contributed by atoms with Crippen molar-refractivity contribution in [3.05, 3.63) is 70.2 Å². The van der Waals surface area contributed by atoms with Gasteiger partial charge >= 0.3 is 0 Å². The van der Waals surface area contributed by atoms with Gasteiger partial charge in [-0.25, -0.2) is 4.39 Å². The van der Waals surface area contributed by atoms with Crippen molar-refractivity contribution in [2.24, 2.45) is 13.0 Å². The van der Waals surface area contributed by atoms with Crippen LogP contribution in [-0.2, 0) is 11.8 Å². The summed E-state index contributed by atoms with van der Waals surface area (Å²) in [4.78, 5) is 24.9. The summed E-state index contributed by atoms with van der Waals surface area (Å²) in [5, 5.41) is 14.5. The maximum Gasteiger partial charge on any atom is 0.251 e. The number of halogens is 2. The van der Waals surface area contributed by atoms with Gasteiger partial charge < -0.3 is 15.2 Å². The molecule has 0 aliphatic rings. The van der Waals surface area contributed by atoms with Crippen molar-refractivity contribution in [3.8, 4) is 0 Å². The summed E-state index contributed by atoms with van der Waals surface area (Å²) >= 11 is 4.36. The monoisotopic (exact) mass is 519 g/mol.